The number of nitrogens with one attached hydrogen (secondary N) is 1. The van der Waals surface area contributed by atoms with Gasteiger partial charge in [0.1, 0.15) is 17.8 Å². The van der Waals surface area contributed by atoms with Gasteiger partial charge in [-0.3, -0.25) is 4.98 Å². The molecule has 3 aromatic heterocycles. The van der Waals surface area contributed by atoms with E-state index in [0.717, 1.165) is 5.69 Å². The van der Waals surface area contributed by atoms with Gasteiger partial charge in [-0.1, -0.05) is 0 Å². The fourth-order valence-electron chi connectivity index (χ4n) is 4.58. The van der Waals surface area contributed by atoms with Crippen LogP contribution in [0.4, 0.5) is 34.9 Å². The molecule has 1 aliphatic rings. The molecule has 0 atom stereocenters. The van der Waals surface area contributed by atoms with E-state index in [2.05, 4.69) is 35.3 Å². The van der Waals surface area contributed by atoms with Gasteiger partial charge >= 0.3 is 6.18 Å². The normalized spacial score (nSPS) is 13.8. The summed E-state index contributed by atoms with van der Waals surface area (Å²) in [6, 6.07) is 16.4. The third-order valence-corrected chi connectivity index (χ3v) is 6.55. The van der Waals surface area contributed by atoms with E-state index in [1.807, 2.05) is 6.07 Å². The Labute approximate surface area is 237 Å². The molecule has 214 valence electrons. The maximum Gasteiger partial charge on any atom is 0.393 e. The number of rotatable bonds is 7. The van der Waals surface area contributed by atoms with Gasteiger partial charge in [0.15, 0.2) is 5.82 Å². The van der Waals surface area contributed by atoms with Crippen LogP contribution in [-0.2, 0) is 11.2 Å². The molecule has 1 aliphatic heterocycles. The standard InChI is InChI=1S/C29H24F4N8O/c30-21-14-20(15-24(16-21)40-9-11-42-12-10-40)25-6-8-35-28(38-25)37-22-1-3-23(4-2-22)41-18-36-27(39-41)26-13-19(5-7-34-26)17-29(31,32)33/h1-8,13-16,18H,9-12,17H2,(H,35,37,38). The summed E-state index contributed by atoms with van der Waals surface area (Å²) in [6.45, 7) is 2.58. The number of benzene rings is 2. The van der Waals surface area contributed by atoms with Crippen molar-refractivity contribution in [2.75, 3.05) is 36.5 Å². The van der Waals surface area contributed by atoms with Gasteiger partial charge < -0.3 is 15.0 Å². The van der Waals surface area contributed by atoms with Crippen molar-refractivity contribution < 1.29 is 22.3 Å². The van der Waals surface area contributed by atoms with Gasteiger partial charge in [-0.25, -0.2) is 24.0 Å². The molecule has 0 spiro atoms. The molecule has 9 nitrogen and oxygen atoms in total. The van der Waals surface area contributed by atoms with Crippen molar-refractivity contribution in [3.63, 3.8) is 0 Å². The second-order valence-corrected chi connectivity index (χ2v) is 9.59. The van der Waals surface area contributed by atoms with E-state index in [9.17, 15) is 17.6 Å². The monoisotopic (exact) mass is 576 g/mol. The number of alkyl halides is 3. The smallest absolute Gasteiger partial charge is 0.378 e. The molecule has 0 radical (unpaired) electrons. The Morgan fingerprint density at radius 1 is 0.833 bits per heavy atom. The van der Waals surface area contributed by atoms with Crippen LogP contribution in [0.3, 0.4) is 0 Å². The maximum atomic E-state index is 14.5. The first-order chi connectivity index (χ1) is 20.3. The zero-order chi connectivity index (χ0) is 29.1. The highest BCUT2D eigenvalue weighted by molar-refractivity contribution is 5.67. The van der Waals surface area contributed by atoms with Crippen LogP contribution in [0.1, 0.15) is 5.56 Å². The largest absolute Gasteiger partial charge is 0.393 e. The molecule has 42 heavy (non-hydrogen) atoms. The Kier molecular flexibility index (Phi) is 7.48. The third-order valence-electron chi connectivity index (χ3n) is 6.55. The number of aromatic nitrogens is 6. The van der Waals surface area contributed by atoms with E-state index in [4.69, 9.17) is 4.74 Å². The Morgan fingerprint density at radius 3 is 2.40 bits per heavy atom. The van der Waals surface area contributed by atoms with Crippen LogP contribution in [0, 0.1) is 5.82 Å². The van der Waals surface area contributed by atoms with Crippen molar-refractivity contribution in [3.8, 4) is 28.5 Å². The van der Waals surface area contributed by atoms with Crippen LogP contribution in [0.25, 0.3) is 28.5 Å². The van der Waals surface area contributed by atoms with Crippen LogP contribution in [0.5, 0.6) is 0 Å². The van der Waals surface area contributed by atoms with E-state index in [1.54, 1.807) is 36.5 Å². The molecule has 0 saturated carbocycles. The highest BCUT2D eigenvalue weighted by Gasteiger charge is 2.28. The van der Waals surface area contributed by atoms with Crippen LogP contribution in [0.15, 0.2) is 79.4 Å². The van der Waals surface area contributed by atoms with Crippen LogP contribution < -0.4 is 10.2 Å². The Bertz CT molecular complexity index is 1680. The summed E-state index contributed by atoms with van der Waals surface area (Å²) >= 11 is 0. The van der Waals surface area contributed by atoms with Gasteiger partial charge in [-0.2, -0.15) is 13.2 Å². The van der Waals surface area contributed by atoms with Crippen molar-refractivity contribution >= 4 is 17.3 Å². The van der Waals surface area contributed by atoms with E-state index in [0.29, 0.717) is 54.9 Å². The SMILES string of the molecule is Fc1cc(-c2ccnc(Nc3ccc(-n4cnc(-c5cc(CC(F)(F)F)ccn5)n4)cc3)n2)cc(N2CCOCC2)c1. The van der Waals surface area contributed by atoms with Gasteiger partial charge in [0.25, 0.3) is 0 Å². The molecule has 13 heteroatoms. The van der Waals surface area contributed by atoms with Crippen molar-refractivity contribution in [3.05, 3.63) is 90.8 Å². The van der Waals surface area contributed by atoms with E-state index >= 15 is 0 Å². The van der Waals surface area contributed by atoms with Gasteiger partial charge in [-0.05, 0) is 66.2 Å². The molecular formula is C29H24F4N8O. The third kappa shape index (κ3) is 6.52. The Balaban J connectivity index is 1.16. The number of morpholine rings is 1. The fraction of sp³-hybridized carbons (Fsp3) is 0.207. The number of pyridine rings is 1. The van der Waals surface area contributed by atoms with Crippen LogP contribution in [-0.4, -0.2) is 62.2 Å². The van der Waals surface area contributed by atoms with E-state index in [-0.39, 0.29) is 22.9 Å². The minimum atomic E-state index is -4.32. The van der Waals surface area contributed by atoms with Gasteiger partial charge in [0.05, 0.1) is 31.0 Å². The average molecular weight is 577 g/mol. The summed E-state index contributed by atoms with van der Waals surface area (Å²) in [5.41, 5.74) is 3.69. The molecule has 1 saturated heterocycles. The molecule has 4 heterocycles. The summed E-state index contributed by atoms with van der Waals surface area (Å²) < 4.78 is 59.7. The summed E-state index contributed by atoms with van der Waals surface area (Å²) in [4.78, 5) is 19.3. The molecule has 0 bridgehead atoms. The molecule has 2 aromatic carbocycles. The molecule has 1 N–H and O–H groups in total. The summed E-state index contributed by atoms with van der Waals surface area (Å²) in [5.74, 6) is 0.199. The van der Waals surface area contributed by atoms with Crippen molar-refractivity contribution in [1.29, 1.82) is 0 Å². The second-order valence-electron chi connectivity index (χ2n) is 9.59. The molecule has 0 unspecified atom stereocenters. The molecule has 0 amide bonds. The number of halogens is 4. The zero-order valence-corrected chi connectivity index (χ0v) is 22.1. The minimum Gasteiger partial charge on any atom is -0.378 e. The fourth-order valence-corrected chi connectivity index (χ4v) is 4.58. The predicted molar refractivity (Wildman–Crippen MR) is 148 cm³/mol. The number of hydrogen-bond donors (Lipinski definition) is 1. The minimum absolute atomic E-state index is 0.0838. The first kappa shape index (κ1) is 27.3. The lowest BCUT2D eigenvalue weighted by atomic mass is 10.1. The van der Waals surface area contributed by atoms with Gasteiger partial charge in [0.2, 0.25) is 5.95 Å². The lowest BCUT2D eigenvalue weighted by Crippen LogP contribution is -2.36. The second kappa shape index (κ2) is 11.5. The molecule has 6 rings (SSSR count). The van der Waals surface area contributed by atoms with Crippen LogP contribution in [0.2, 0.25) is 0 Å². The predicted octanol–water partition coefficient (Wildman–Crippen LogP) is 5.61. The number of ether oxygens (including phenoxy) is 1. The summed E-state index contributed by atoms with van der Waals surface area (Å²) in [5, 5.41) is 7.52. The summed E-state index contributed by atoms with van der Waals surface area (Å²) in [7, 11) is 0. The van der Waals surface area contributed by atoms with Gasteiger partial charge in [0, 0.05) is 42.4 Å². The lowest BCUT2D eigenvalue weighted by Gasteiger charge is -2.29. The lowest BCUT2D eigenvalue weighted by molar-refractivity contribution is -0.127. The van der Waals surface area contributed by atoms with Gasteiger partial charge in [-0.15, -0.1) is 5.10 Å². The Morgan fingerprint density at radius 2 is 1.62 bits per heavy atom. The van der Waals surface area contributed by atoms with E-state index < -0.39 is 12.6 Å². The van der Waals surface area contributed by atoms with Crippen molar-refractivity contribution in [2.45, 2.75) is 12.6 Å². The van der Waals surface area contributed by atoms with E-state index in [1.165, 1.54) is 41.5 Å². The zero-order valence-electron chi connectivity index (χ0n) is 22.1. The first-order valence-electron chi connectivity index (χ1n) is 13.1. The maximum absolute atomic E-state index is 14.5. The highest BCUT2D eigenvalue weighted by atomic mass is 19.4. The first-order valence-corrected chi connectivity index (χ1v) is 13.1. The van der Waals surface area contributed by atoms with Crippen LogP contribution >= 0.6 is 0 Å². The highest BCUT2D eigenvalue weighted by Crippen LogP contribution is 2.27. The molecule has 1 fully saturated rings. The topological polar surface area (TPSA) is 93.9 Å². The Hall–Kier alpha value is -4.91. The molecule has 0 aliphatic carbocycles. The number of anilines is 3. The number of hydrogen-bond acceptors (Lipinski definition) is 8. The average Bonchev–Trinajstić information content (AvgIpc) is 3.48. The molecule has 5 aromatic rings. The summed E-state index contributed by atoms with van der Waals surface area (Å²) in [6.07, 6.45) is -0.993. The quantitative estimate of drug-likeness (QED) is 0.250. The van der Waals surface area contributed by atoms with Crippen molar-refractivity contribution in [1.82, 2.24) is 29.7 Å². The van der Waals surface area contributed by atoms with Crippen molar-refractivity contribution in [2.24, 2.45) is 0 Å². The number of nitrogens with zero attached hydrogens (tertiary/aromatic N) is 7. The molecular weight excluding hydrogens is 552 g/mol.